The number of halogens is 2. The first-order valence-corrected chi connectivity index (χ1v) is 9.22. The van der Waals surface area contributed by atoms with Gasteiger partial charge in [0.1, 0.15) is 4.90 Å². The van der Waals surface area contributed by atoms with Crippen LogP contribution < -0.4 is 4.72 Å². The first-order chi connectivity index (χ1) is 9.89. The first kappa shape index (κ1) is 16.5. The molecule has 0 spiro atoms. The van der Waals surface area contributed by atoms with E-state index in [9.17, 15) is 13.5 Å². The number of sulfonamides is 1. The van der Waals surface area contributed by atoms with E-state index in [4.69, 9.17) is 0 Å². The summed E-state index contributed by atoms with van der Waals surface area (Å²) in [4.78, 5) is 0.121. The van der Waals surface area contributed by atoms with E-state index in [2.05, 4.69) is 36.6 Å². The van der Waals surface area contributed by atoms with Gasteiger partial charge in [-0.1, -0.05) is 6.07 Å². The third-order valence-corrected chi connectivity index (χ3v) is 5.61. The van der Waals surface area contributed by atoms with Crippen molar-refractivity contribution in [1.29, 1.82) is 0 Å². The minimum Gasteiger partial charge on any atom is -0.390 e. The summed E-state index contributed by atoms with van der Waals surface area (Å²) in [6.45, 7) is 2.26. The summed E-state index contributed by atoms with van der Waals surface area (Å²) < 4.78 is 30.4. The number of benzene rings is 1. The van der Waals surface area contributed by atoms with Crippen LogP contribution in [0.5, 0.6) is 0 Å². The van der Waals surface area contributed by atoms with Gasteiger partial charge in [-0.2, -0.15) is 0 Å². The molecule has 21 heavy (non-hydrogen) atoms. The molecule has 1 aromatic heterocycles. The second-order valence-electron chi connectivity index (χ2n) is 4.31. The van der Waals surface area contributed by atoms with Gasteiger partial charge in [-0.05, 0) is 57.0 Å². The lowest BCUT2D eigenvalue weighted by atomic mass is 10.3. The van der Waals surface area contributed by atoms with Gasteiger partial charge in [-0.3, -0.25) is 4.72 Å². The fourth-order valence-electron chi connectivity index (χ4n) is 1.89. The molecule has 0 atom stereocenters. The smallest absolute Gasteiger partial charge is 0.263 e. The molecule has 5 nitrogen and oxygen atoms in total. The van der Waals surface area contributed by atoms with E-state index in [-0.39, 0.29) is 11.5 Å². The Kier molecular flexibility index (Phi) is 5.13. The Morgan fingerprint density at radius 1 is 1.29 bits per heavy atom. The highest BCUT2D eigenvalue weighted by Gasteiger charge is 2.20. The number of aryl methyl sites for hydroxylation is 1. The Bertz CT molecular complexity index is 715. The van der Waals surface area contributed by atoms with Gasteiger partial charge in [0.25, 0.3) is 10.0 Å². The Balaban J connectivity index is 2.41. The van der Waals surface area contributed by atoms with Crippen molar-refractivity contribution < 1.29 is 13.5 Å². The number of rotatable bonds is 5. The largest absolute Gasteiger partial charge is 0.390 e. The average molecular weight is 438 g/mol. The number of nitrogens with one attached hydrogen (secondary N) is 1. The van der Waals surface area contributed by atoms with E-state index >= 15 is 0 Å². The highest BCUT2D eigenvalue weighted by Crippen LogP contribution is 2.32. The van der Waals surface area contributed by atoms with Crippen molar-refractivity contribution in [2.45, 2.75) is 25.0 Å². The predicted octanol–water partition coefficient (Wildman–Crippen LogP) is 3.33. The van der Waals surface area contributed by atoms with Gasteiger partial charge >= 0.3 is 0 Å². The van der Waals surface area contributed by atoms with Crippen LogP contribution in [0.25, 0.3) is 0 Å². The zero-order valence-electron chi connectivity index (χ0n) is 11.2. The summed E-state index contributed by atoms with van der Waals surface area (Å²) in [6, 6.07) is 6.76. The number of aromatic nitrogens is 1. The molecule has 0 unspecified atom stereocenters. The molecule has 114 valence electrons. The zero-order chi connectivity index (χ0) is 15.6. The number of aliphatic hydroxyl groups is 1. The monoisotopic (exact) mass is 436 g/mol. The Labute approximate surface area is 140 Å². The molecule has 0 aliphatic heterocycles. The van der Waals surface area contributed by atoms with Gasteiger partial charge in [0, 0.05) is 27.4 Å². The van der Waals surface area contributed by atoms with E-state index in [0.717, 1.165) is 0 Å². The third-order valence-electron chi connectivity index (χ3n) is 2.97. The molecule has 2 N–H and O–H groups in total. The lowest BCUT2D eigenvalue weighted by Crippen LogP contribution is -2.13. The van der Waals surface area contributed by atoms with E-state index in [1.807, 2.05) is 6.92 Å². The lowest BCUT2D eigenvalue weighted by Gasteiger charge is -2.10. The van der Waals surface area contributed by atoms with E-state index in [1.165, 1.54) is 12.3 Å². The van der Waals surface area contributed by atoms with Crippen LogP contribution in [-0.2, 0) is 23.2 Å². The summed E-state index contributed by atoms with van der Waals surface area (Å²) in [6.07, 6.45) is 1.51. The Hall–Kier alpha value is -0.830. The van der Waals surface area contributed by atoms with Gasteiger partial charge in [-0.15, -0.1) is 0 Å². The SMILES string of the molecule is CCn1cc(S(=O)(=O)Nc2c(Br)cccc2Br)cc1CO. The molecule has 1 aromatic carbocycles. The van der Waals surface area contributed by atoms with Crippen molar-refractivity contribution in [3.63, 3.8) is 0 Å². The minimum absolute atomic E-state index is 0.121. The molecule has 0 bridgehead atoms. The molecule has 0 radical (unpaired) electrons. The van der Waals surface area contributed by atoms with Crippen molar-refractivity contribution >= 4 is 47.6 Å². The molecule has 8 heteroatoms. The van der Waals surface area contributed by atoms with Crippen molar-refractivity contribution in [2.24, 2.45) is 0 Å². The lowest BCUT2D eigenvalue weighted by molar-refractivity contribution is 0.271. The van der Waals surface area contributed by atoms with Crippen LogP contribution in [0.15, 0.2) is 44.3 Å². The molecule has 0 fully saturated rings. The standard InChI is InChI=1S/C13H14Br2N2O3S/c1-2-17-7-10(6-9(17)8-18)21(19,20)16-13-11(14)4-3-5-12(13)15/h3-7,16,18H,2,8H2,1H3. The number of hydrogen-bond acceptors (Lipinski definition) is 3. The van der Waals surface area contributed by atoms with Gasteiger partial charge in [0.15, 0.2) is 0 Å². The fraction of sp³-hybridized carbons (Fsp3) is 0.231. The molecular formula is C13H14Br2N2O3S. The minimum atomic E-state index is -3.72. The molecule has 2 rings (SSSR count). The quantitative estimate of drug-likeness (QED) is 0.753. The second-order valence-corrected chi connectivity index (χ2v) is 7.70. The molecule has 0 aliphatic carbocycles. The number of aliphatic hydroxyl groups excluding tert-OH is 1. The highest BCUT2D eigenvalue weighted by molar-refractivity contribution is 9.11. The van der Waals surface area contributed by atoms with Crippen LogP contribution in [0.2, 0.25) is 0 Å². The average Bonchev–Trinajstić information content (AvgIpc) is 2.87. The van der Waals surface area contributed by atoms with Gasteiger partial charge in [0.05, 0.1) is 12.3 Å². The first-order valence-electron chi connectivity index (χ1n) is 6.15. The van der Waals surface area contributed by atoms with Crippen LogP contribution in [0.3, 0.4) is 0 Å². The molecular weight excluding hydrogens is 424 g/mol. The molecule has 0 saturated heterocycles. The normalized spacial score (nSPS) is 11.6. The third kappa shape index (κ3) is 3.50. The van der Waals surface area contributed by atoms with Crippen molar-refractivity contribution in [2.75, 3.05) is 4.72 Å². The summed E-state index contributed by atoms with van der Waals surface area (Å²) in [5, 5.41) is 9.26. The maximum Gasteiger partial charge on any atom is 0.263 e. The van der Waals surface area contributed by atoms with E-state index in [0.29, 0.717) is 26.9 Å². The highest BCUT2D eigenvalue weighted by atomic mass is 79.9. The molecule has 2 aromatic rings. The number of nitrogens with zero attached hydrogens (tertiary/aromatic N) is 1. The van der Waals surface area contributed by atoms with Gasteiger partial charge in [0.2, 0.25) is 0 Å². The fourth-order valence-corrected chi connectivity index (χ4v) is 4.51. The molecule has 0 aliphatic rings. The molecule has 1 heterocycles. The van der Waals surface area contributed by atoms with Gasteiger partial charge in [-0.25, -0.2) is 8.42 Å². The summed E-state index contributed by atoms with van der Waals surface area (Å²) >= 11 is 6.63. The second kappa shape index (κ2) is 6.51. The number of anilines is 1. The predicted molar refractivity (Wildman–Crippen MR) is 88.7 cm³/mol. The molecule has 0 saturated carbocycles. The summed E-state index contributed by atoms with van der Waals surface area (Å²) in [5.74, 6) is 0. The Morgan fingerprint density at radius 3 is 2.38 bits per heavy atom. The summed E-state index contributed by atoms with van der Waals surface area (Å²) in [7, 11) is -3.72. The van der Waals surface area contributed by atoms with E-state index in [1.54, 1.807) is 22.8 Å². The van der Waals surface area contributed by atoms with Crippen molar-refractivity contribution in [1.82, 2.24) is 4.57 Å². The summed E-state index contributed by atoms with van der Waals surface area (Å²) in [5.41, 5.74) is 0.997. The topological polar surface area (TPSA) is 71.3 Å². The van der Waals surface area contributed by atoms with Crippen molar-refractivity contribution in [3.8, 4) is 0 Å². The van der Waals surface area contributed by atoms with Crippen LogP contribution in [0.1, 0.15) is 12.6 Å². The van der Waals surface area contributed by atoms with Crippen LogP contribution in [0, 0.1) is 0 Å². The zero-order valence-corrected chi connectivity index (χ0v) is 15.2. The van der Waals surface area contributed by atoms with Crippen LogP contribution >= 0.6 is 31.9 Å². The number of para-hydroxylation sites is 1. The maximum absolute atomic E-state index is 12.5. The van der Waals surface area contributed by atoms with E-state index < -0.39 is 10.0 Å². The molecule has 0 amide bonds. The van der Waals surface area contributed by atoms with Crippen molar-refractivity contribution in [3.05, 3.63) is 45.1 Å². The van der Waals surface area contributed by atoms with Crippen LogP contribution in [-0.4, -0.2) is 18.1 Å². The maximum atomic E-state index is 12.5. The Morgan fingerprint density at radius 2 is 1.90 bits per heavy atom. The van der Waals surface area contributed by atoms with Crippen LogP contribution in [0.4, 0.5) is 5.69 Å². The van der Waals surface area contributed by atoms with Gasteiger partial charge < -0.3 is 9.67 Å². The number of hydrogen-bond donors (Lipinski definition) is 2.